The molecule has 19 heavy (non-hydrogen) atoms. The van der Waals surface area contributed by atoms with Crippen LogP contribution < -0.4 is 5.32 Å². The molecular weight excluding hydrogens is 311 g/mol. The van der Waals surface area contributed by atoms with E-state index in [2.05, 4.69) is 40.1 Å². The molecular formula is C14H18BrFN2O. The summed E-state index contributed by atoms with van der Waals surface area (Å²) in [6.07, 6.45) is 0.902. The second kappa shape index (κ2) is 6.01. The van der Waals surface area contributed by atoms with E-state index in [4.69, 9.17) is 0 Å². The zero-order valence-electron chi connectivity index (χ0n) is 11.1. The van der Waals surface area contributed by atoms with Crippen LogP contribution in [0.2, 0.25) is 0 Å². The first-order valence-corrected chi connectivity index (χ1v) is 7.21. The van der Waals surface area contributed by atoms with Gasteiger partial charge in [0.2, 0.25) is 0 Å². The Bertz CT molecular complexity index is 481. The van der Waals surface area contributed by atoms with Gasteiger partial charge in [0.05, 0.1) is 5.56 Å². The highest BCUT2D eigenvalue weighted by Gasteiger charge is 2.26. The predicted molar refractivity (Wildman–Crippen MR) is 76.6 cm³/mol. The number of hydrogen-bond donors (Lipinski definition) is 1. The molecule has 1 aromatic carbocycles. The van der Waals surface area contributed by atoms with Gasteiger partial charge in [0, 0.05) is 17.1 Å². The summed E-state index contributed by atoms with van der Waals surface area (Å²) in [4.78, 5) is 14.4. The van der Waals surface area contributed by atoms with E-state index < -0.39 is 5.82 Å². The fourth-order valence-corrected chi connectivity index (χ4v) is 2.85. The van der Waals surface area contributed by atoms with E-state index in [0.717, 1.165) is 19.5 Å². The zero-order chi connectivity index (χ0) is 14.0. The molecule has 0 radical (unpaired) electrons. The number of carbonyl (C=O) groups is 1. The highest BCUT2D eigenvalue weighted by molar-refractivity contribution is 9.10. The summed E-state index contributed by atoms with van der Waals surface area (Å²) in [5, 5.41) is 2.95. The van der Waals surface area contributed by atoms with Crippen LogP contribution in [0.25, 0.3) is 0 Å². The smallest absolute Gasteiger partial charge is 0.254 e. The molecule has 1 saturated heterocycles. The monoisotopic (exact) mass is 328 g/mol. The van der Waals surface area contributed by atoms with E-state index in [9.17, 15) is 9.18 Å². The molecule has 1 aliphatic rings. The maximum Gasteiger partial charge on any atom is 0.254 e. The molecule has 0 bridgehead atoms. The van der Waals surface area contributed by atoms with Crippen molar-refractivity contribution in [3.05, 3.63) is 34.1 Å². The quantitative estimate of drug-likeness (QED) is 0.905. The van der Waals surface area contributed by atoms with Crippen LogP contribution in [0.1, 0.15) is 23.7 Å². The Morgan fingerprint density at radius 3 is 2.95 bits per heavy atom. The number of carbonyl (C=O) groups excluding carboxylic acids is 1. The molecule has 0 saturated carbocycles. The number of benzene rings is 1. The van der Waals surface area contributed by atoms with Gasteiger partial charge in [0.25, 0.3) is 5.91 Å². The fraction of sp³-hybridized carbons (Fsp3) is 0.500. The summed E-state index contributed by atoms with van der Waals surface area (Å²) < 4.78 is 14.3. The Labute approximate surface area is 121 Å². The summed E-state index contributed by atoms with van der Waals surface area (Å²) in [7, 11) is 2.07. The summed E-state index contributed by atoms with van der Waals surface area (Å²) >= 11 is 3.26. The minimum Gasteiger partial charge on any atom is -0.349 e. The van der Waals surface area contributed by atoms with Crippen LogP contribution >= 0.6 is 15.9 Å². The molecule has 104 valence electrons. The summed E-state index contributed by atoms with van der Waals surface area (Å²) in [5.41, 5.74) is 0.0977. The van der Waals surface area contributed by atoms with Crippen molar-refractivity contribution in [2.45, 2.75) is 19.4 Å². The minimum absolute atomic E-state index is 0.0977. The molecule has 2 atom stereocenters. The van der Waals surface area contributed by atoms with Crippen molar-refractivity contribution in [1.82, 2.24) is 10.2 Å². The lowest BCUT2D eigenvalue weighted by atomic mass is 9.94. The largest absolute Gasteiger partial charge is 0.349 e. The topological polar surface area (TPSA) is 32.3 Å². The third-order valence-corrected chi connectivity index (χ3v) is 4.09. The first-order chi connectivity index (χ1) is 8.97. The second-order valence-corrected chi connectivity index (χ2v) is 6.15. The summed E-state index contributed by atoms with van der Waals surface area (Å²) in [6.45, 7) is 4.01. The molecule has 0 spiro atoms. The molecule has 1 aromatic rings. The predicted octanol–water partition coefficient (Wildman–Crippen LogP) is 2.66. The number of halogens is 2. The minimum atomic E-state index is -0.485. The van der Waals surface area contributed by atoms with E-state index >= 15 is 0 Å². The zero-order valence-corrected chi connectivity index (χ0v) is 12.7. The maximum absolute atomic E-state index is 13.6. The van der Waals surface area contributed by atoms with E-state index in [0.29, 0.717) is 10.4 Å². The lowest BCUT2D eigenvalue weighted by Gasteiger charge is -2.35. The fourth-order valence-electron chi connectivity index (χ4n) is 2.49. The number of piperidine rings is 1. The van der Waals surface area contributed by atoms with Crippen molar-refractivity contribution in [1.29, 1.82) is 0 Å². The van der Waals surface area contributed by atoms with Gasteiger partial charge in [0.15, 0.2) is 0 Å². The van der Waals surface area contributed by atoms with Gasteiger partial charge in [-0.1, -0.05) is 22.9 Å². The number of amides is 1. The van der Waals surface area contributed by atoms with Gasteiger partial charge in [-0.25, -0.2) is 4.39 Å². The summed E-state index contributed by atoms with van der Waals surface area (Å²) in [6, 6.07) is 4.52. The molecule has 3 nitrogen and oxygen atoms in total. The lowest BCUT2D eigenvalue weighted by Crippen LogP contribution is -2.49. The van der Waals surface area contributed by atoms with Gasteiger partial charge < -0.3 is 10.2 Å². The maximum atomic E-state index is 13.6. The summed E-state index contributed by atoms with van der Waals surface area (Å²) in [5.74, 6) is -0.445. The van der Waals surface area contributed by atoms with Crippen molar-refractivity contribution >= 4 is 21.8 Å². The third-order valence-electron chi connectivity index (χ3n) is 3.60. The van der Waals surface area contributed by atoms with Crippen LogP contribution in [0.5, 0.6) is 0 Å². The first-order valence-electron chi connectivity index (χ1n) is 6.42. The van der Waals surface area contributed by atoms with Gasteiger partial charge in [-0.15, -0.1) is 0 Å². The molecule has 2 rings (SSSR count). The number of rotatable bonds is 2. The Morgan fingerprint density at radius 2 is 2.26 bits per heavy atom. The highest BCUT2D eigenvalue weighted by Crippen LogP contribution is 2.18. The average Bonchev–Trinajstić information content (AvgIpc) is 2.35. The van der Waals surface area contributed by atoms with Crippen LogP contribution in [-0.4, -0.2) is 37.0 Å². The number of likely N-dealkylation sites (tertiary alicyclic amines) is 1. The Balaban J connectivity index is 2.06. The standard InChI is InChI=1S/C14H18BrFN2O/c1-9-8-18(2)6-5-13(9)17-14(19)11-7-10(15)3-4-12(11)16/h3-4,7,9,13H,5-6,8H2,1-2H3,(H,17,19). The van der Waals surface area contributed by atoms with E-state index in [1.807, 2.05) is 0 Å². The van der Waals surface area contributed by atoms with Gasteiger partial charge in [0.1, 0.15) is 5.82 Å². The molecule has 1 amide bonds. The number of nitrogens with zero attached hydrogens (tertiary/aromatic N) is 1. The van der Waals surface area contributed by atoms with E-state index in [-0.39, 0.29) is 17.5 Å². The van der Waals surface area contributed by atoms with Gasteiger partial charge >= 0.3 is 0 Å². The van der Waals surface area contributed by atoms with Crippen LogP contribution in [0.3, 0.4) is 0 Å². The van der Waals surface area contributed by atoms with E-state index in [1.54, 1.807) is 6.07 Å². The van der Waals surface area contributed by atoms with Gasteiger partial charge in [-0.3, -0.25) is 4.79 Å². The molecule has 0 aromatic heterocycles. The molecule has 1 aliphatic heterocycles. The average molecular weight is 329 g/mol. The van der Waals surface area contributed by atoms with E-state index in [1.165, 1.54) is 12.1 Å². The molecule has 5 heteroatoms. The number of nitrogens with one attached hydrogen (secondary N) is 1. The Hall–Kier alpha value is -0.940. The van der Waals surface area contributed by atoms with Crippen molar-refractivity contribution in [3.8, 4) is 0 Å². The van der Waals surface area contributed by atoms with Crippen LogP contribution in [-0.2, 0) is 0 Å². The SMILES string of the molecule is CC1CN(C)CCC1NC(=O)c1cc(Br)ccc1F. The van der Waals surface area contributed by atoms with Crippen molar-refractivity contribution < 1.29 is 9.18 Å². The molecule has 1 fully saturated rings. The Kier molecular flexibility index (Phi) is 4.58. The van der Waals surface area contributed by atoms with Crippen LogP contribution in [0.15, 0.2) is 22.7 Å². The number of hydrogen-bond acceptors (Lipinski definition) is 2. The first kappa shape index (κ1) is 14.5. The van der Waals surface area contributed by atoms with Crippen LogP contribution in [0.4, 0.5) is 4.39 Å². The van der Waals surface area contributed by atoms with Crippen molar-refractivity contribution in [3.63, 3.8) is 0 Å². The molecule has 1 N–H and O–H groups in total. The Morgan fingerprint density at radius 1 is 1.53 bits per heavy atom. The van der Waals surface area contributed by atoms with Gasteiger partial charge in [-0.2, -0.15) is 0 Å². The normalized spacial score (nSPS) is 24.2. The van der Waals surface area contributed by atoms with Gasteiger partial charge in [-0.05, 0) is 44.1 Å². The van der Waals surface area contributed by atoms with Crippen LogP contribution in [0, 0.1) is 11.7 Å². The highest BCUT2D eigenvalue weighted by atomic mass is 79.9. The molecule has 1 heterocycles. The van der Waals surface area contributed by atoms with Crippen molar-refractivity contribution in [2.24, 2.45) is 5.92 Å². The second-order valence-electron chi connectivity index (χ2n) is 5.23. The molecule has 0 aliphatic carbocycles. The molecule has 2 unspecified atom stereocenters. The third kappa shape index (κ3) is 3.54. The van der Waals surface area contributed by atoms with Crippen molar-refractivity contribution in [2.75, 3.05) is 20.1 Å². The lowest BCUT2D eigenvalue weighted by molar-refractivity contribution is 0.0879.